The number of hydrogen-bond acceptors (Lipinski definition) is 4. The van der Waals surface area contributed by atoms with E-state index in [-0.39, 0.29) is 12.6 Å². The number of para-hydroxylation sites is 1. The number of rotatable bonds is 4. The maximum atomic E-state index is 11.7. The number of methoxy groups -OCH3 is 2. The summed E-state index contributed by atoms with van der Waals surface area (Å²) >= 11 is 0. The number of carbonyl (C=O) groups is 1. The lowest BCUT2D eigenvalue weighted by Gasteiger charge is -2.13. The van der Waals surface area contributed by atoms with Crippen LogP contribution < -0.4 is 0 Å². The Labute approximate surface area is 106 Å². The molecule has 1 atom stereocenters. The van der Waals surface area contributed by atoms with Gasteiger partial charge in [-0.25, -0.2) is 0 Å². The average Bonchev–Trinajstić information content (AvgIpc) is 2.43. The van der Waals surface area contributed by atoms with Crippen molar-refractivity contribution in [2.75, 3.05) is 20.8 Å². The predicted octanol–water partition coefficient (Wildman–Crippen LogP) is 2.14. The zero-order valence-corrected chi connectivity index (χ0v) is 10.4. The van der Waals surface area contributed by atoms with Gasteiger partial charge in [0.25, 0.3) is 0 Å². The molecule has 0 bridgehead atoms. The fourth-order valence-electron chi connectivity index (χ4n) is 1.86. The molecule has 0 spiro atoms. The van der Waals surface area contributed by atoms with Crippen LogP contribution in [0.25, 0.3) is 10.9 Å². The molecule has 0 N–H and O–H groups in total. The highest BCUT2D eigenvalue weighted by Crippen LogP contribution is 2.19. The summed E-state index contributed by atoms with van der Waals surface area (Å²) in [5.74, 6) is -0.816. The van der Waals surface area contributed by atoms with Gasteiger partial charge in [0.1, 0.15) is 5.92 Å². The van der Waals surface area contributed by atoms with E-state index in [2.05, 4.69) is 4.98 Å². The number of fused-ring (bicyclic) bond motifs is 1. The molecule has 0 saturated heterocycles. The van der Waals surface area contributed by atoms with Crippen molar-refractivity contribution in [1.82, 2.24) is 4.98 Å². The molecule has 2 aromatic rings. The quantitative estimate of drug-likeness (QED) is 0.774. The SMILES string of the molecule is COCC(C(=O)OC)c1ccc2ccccc2n1. The number of nitrogens with zero attached hydrogens (tertiary/aromatic N) is 1. The molecule has 0 radical (unpaired) electrons. The van der Waals surface area contributed by atoms with Crippen LogP contribution in [0.15, 0.2) is 36.4 Å². The van der Waals surface area contributed by atoms with Gasteiger partial charge in [0.15, 0.2) is 0 Å². The summed E-state index contributed by atoms with van der Waals surface area (Å²) in [7, 11) is 2.92. The number of benzene rings is 1. The Morgan fingerprint density at radius 1 is 1.22 bits per heavy atom. The Morgan fingerprint density at radius 2 is 2.00 bits per heavy atom. The van der Waals surface area contributed by atoms with Gasteiger partial charge in [-0.3, -0.25) is 9.78 Å². The van der Waals surface area contributed by atoms with Gasteiger partial charge in [0, 0.05) is 12.5 Å². The van der Waals surface area contributed by atoms with E-state index in [1.54, 1.807) is 7.11 Å². The van der Waals surface area contributed by atoms with Gasteiger partial charge in [-0.15, -0.1) is 0 Å². The molecule has 94 valence electrons. The summed E-state index contributed by atoms with van der Waals surface area (Å²) in [6, 6.07) is 11.6. The largest absolute Gasteiger partial charge is 0.468 e. The molecule has 4 heteroatoms. The van der Waals surface area contributed by atoms with Gasteiger partial charge in [-0.2, -0.15) is 0 Å². The molecule has 18 heavy (non-hydrogen) atoms. The number of aromatic nitrogens is 1. The summed E-state index contributed by atoms with van der Waals surface area (Å²) in [5.41, 5.74) is 1.53. The monoisotopic (exact) mass is 245 g/mol. The van der Waals surface area contributed by atoms with Crippen LogP contribution in [0.5, 0.6) is 0 Å². The zero-order valence-electron chi connectivity index (χ0n) is 10.4. The highest BCUT2D eigenvalue weighted by Gasteiger charge is 2.22. The summed E-state index contributed by atoms with van der Waals surface area (Å²) in [6.45, 7) is 0.262. The minimum atomic E-state index is -0.482. The number of esters is 1. The molecule has 0 amide bonds. The minimum absolute atomic E-state index is 0.262. The van der Waals surface area contributed by atoms with E-state index in [4.69, 9.17) is 9.47 Å². The number of hydrogen-bond donors (Lipinski definition) is 0. The van der Waals surface area contributed by atoms with Crippen molar-refractivity contribution in [2.45, 2.75) is 5.92 Å². The van der Waals surface area contributed by atoms with E-state index in [0.717, 1.165) is 10.9 Å². The summed E-state index contributed by atoms with van der Waals surface area (Å²) in [6.07, 6.45) is 0. The molecule has 0 fully saturated rings. The highest BCUT2D eigenvalue weighted by atomic mass is 16.5. The van der Waals surface area contributed by atoms with Crippen molar-refractivity contribution >= 4 is 16.9 Å². The third kappa shape index (κ3) is 2.49. The molecule has 4 nitrogen and oxygen atoms in total. The van der Waals surface area contributed by atoms with Crippen molar-refractivity contribution in [3.05, 3.63) is 42.1 Å². The first kappa shape index (κ1) is 12.5. The molecule has 1 aromatic heterocycles. The molecule has 0 aliphatic carbocycles. The predicted molar refractivity (Wildman–Crippen MR) is 68.4 cm³/mol. The van der Waals surface area contributed by atoms with Gasteiger partial charge in [-0.1, -0.05) is 24.3 Å². The molecule has 0 aliphatic heterocycles. The second-order valence-electron chi connectivity index (χ2n) is 3.96. The zero-order chi connectivity index (χ0) is 13.0. The van der Waals surface area contributed by atoms with Crippen molar-refractivity contribution in [2.24, 2.45) is 0 Å². The normalized spacial score (nSPS) is 12.3. The molecule has 1 unspecified atom stereocenters. The van der Waals surface area contributed by atoms with Gasteiger partial charge >= 0.3 is 5.97 Å². The second kappa shape index (κ2) is 5.60. The van der Waals surface area contributed by atoms with Crippen LogP contribution in [-0.2, 0) is 14.3 Å². The summed E-state index contributed by atoms with van der Waals surface area (Å²) < 4.78 is 9.83. The molecular formula is C14H15NO3. The van der Waals surface area contributed by atoms with Crippen molar-refractivity contribution < 1.29 is 14.3 Å². The third-order valence-corrected chi connectivity index (χ3v) is 2.80. The number of ether oxygens (including phenoxy) is 2. The molecule has 2 rings (SSSR count). The molecule has 0 saturated carbocycles. The standard InChI is InChI=1S/C14H15NO3/c1-17-9-11(14(16)18-2)13-8-7-10-5-3-4-6-12(10)15-13/h3-8,11H,9H2,1-2H3. The highest BCUT2D eigenvalue weighted by molar-refractivity contribution is 5.81. The van der Waals surface area contributed by atoms with Crippen LogP contribution in [0.3, 0.4) is 0 Å². The number of carbonyl (C=O) groups excluding carboxylic acids is 1. The first-order chi connectivity index (χ1) is 8.76. The first-order valence-corrected chi connectivity index (χ1v) is 5.68. The lowest BCUT2D eigenvalue weighted by atomic mass is 10.0. The minimum Gasteiger partial charge on any atom is -0.468 e. The lowest BCUT2D eigenvalue weighted by Crippen LogP contribution is -2.20. The van der Waals surface area contributed by atoms with Gasteiger partial charge < -0.3 is 9.47 Å². The van der Waals surface area contributed by atoms with E-state index in [1.165, 1.54) is 7.11 Å². The van der Waals surface area contributed by atoms with Crippen LogP contribution in [0, 0.1) is 0 Å². The Kier molecular flexibility index (Phi) is 3.89. The van der Waals surface area contributed by atoms with Crippen LogP contribution in [0.4, 0.5) is 0 Å². The first-order valence-electron chi connectivity index (χ1n) is 5.68. The molecule has 0 aliphatic rings. The number of pyridine rings is 1. The third-order valence-electron chi connectivity index (χ3n) is 2.80. The van der Waals surface area contributed by atoms with E-state index in [0.29, 0.717) is 5.69 Å². The molecular weight excluding hydrogens is 230 g/mol. The lowest BCUT2D eigenvalue weighted by molar-refractivity contribution is -0.143. The van der Waals surface area contributed by atoms with Gasteiger partial charge in [0.2, 0.25) is 0 Å². The van der Waals surface area contributed by atoms with E-state index in [1.807, 2.05) is 36.4 Å². The molecule has 1 aromatic carbocycles. The second-order valence-corrected chi connectivity index (χ2v) is 3.96. The summed E-state index contributed by atoms with van der Waals surface area (Å²) in [5, 5.41) is 1.04. The smallest absolute Gasteiger partial charge is 0.317 e. The Morgan fingerprint density at radius 3 is 2.72 bits per heavy atom. The van der Waals surface area contributed by atoms with E-state index in [9.17, 15) is 4.79 Å². The van der Waals surface area contributed by atoms with Crippen LogP contribution >= 0.6 is 0 Å². The molecule has 1 heterocycles. The average molecular weight is 245 g/mol. The maximum Gasteiger partial charge on any atom is 0.317 e. The van der Waals surface area contributed by atoms with Gasteiger partial charge in [0.05, 0.1) is 24.9 Å². The van der Waals surface area contributed by atoms with Gasteiger partial charge in [-0.05, 0) is 12.1 Å². The van der Waals surface area contributed by atoms with Crippen LogP contribution in [0.1, 0.15) is 11.6 Å². The van der Waals surface area contributed by atoms with E-state index >= 15 is 0 Å². The van der Waals surface area contributed by atoms with E-state index < -0.39 is 5.92 Å². The Hall–Kier alpha value is -1.94. The van der Waals surface area contributed by atoms with Crippen molar-refractivity contribution in [3.8, 4) is 0 Å². The van der Waals surface area contributed by atoms with Crippen molar-refractivity contribution in [3.63, 3.8) is 0 Å². The fourth-order valence-corrected chi connectivity index (χ4v) is 1.86. The maximum absolute atomic E-state index is 11.7. The van der Waals surface area contributed by atoms with Crippen molar-refractivity contribution in [1.29, 1.82) is 0 Å². The topological polar surface area (TPSA) is 48.4 Å². The van der Waals surface area contributed by atoms with Crippen LogP contribution in [-0.4, -0.2) is 31.8 Å². The Balaban J connectivity index is 2.41. The van der Waals surface area contributed by atoms with Crippen LogP contribution in [0.2, 0.25) is 0 Å². The fraction of sp³-hybridized carbons (Fsp3) is 0.286. The Bertz CT molecular complexity index is 553. The summed E-state index contributed by atoms with van der Waals surface area (Å²) in [4.78, 5) is 16.2.